The zero-order valence-corrected chi connectivity index (χ0v) is 5.79. The summed E-state index contributed by atoms with van der Waals surface area (Å²) in [5.74, 6) is -1.45. The summed E-state index contributed by atoms with van der Waals surface area (Å²) in [6.07, 6.45) is 0.374. The first-order valence-corrected chi connectivity index (χ1v) is 2.97. The molecule has 0 atom stereocenters. The maximum atomic E-state index is 10.4. The molecule has 0 aliphatic carbocycles. The molecule has 0 heterocycles. The molecule has 4 nitrogen and oxygen atoms in total. The van der Waals surface area contributed by atoms with Crippen LogP contribution in [0.4, 0.5) is 0 Å². The van der Waals surface area contributed by atoms with Crippen molar-refractivity contribution >= 4 is 11.8 Å². The SMILES string of the molecule is CC(=O)C(=O)OCCCO. The van der Waals surface area contributed by atoms with Crippen molar-refractivity contribution in [1.82, 2.24) is 0 Å². The van der Waals surface area contributed by atoms with Crippen LogP contribution in [-0.4, -0.2) is 30.1 Å². The van der Waals surface area contributed by atoms with Gasteiger partial charge in [0, 0.05) is 20.0 Å². The molecule has 58 valence electrons. The highest BCUT2D eigenvalue weighted by atomic mass is 16.5. The number of carbonyl (C=O) groups is 2. The van der Waals surface area contributed by atoms with Crippen molar-refractivity contribution in [1.29, 1.82) is 0 Å². The van der Waals surface area contributed by atoms with Crippen molar-refractivity contribution in [2.45, 2.75) is 13.3 Å². The number of hydrogen-bond donors (Lipinski definition) is 1. The summed E-state index contributed by atoms with van der Waals surface area (Å²) < 4.78 is 4.40. The third kappa shape index (κ3) is 4.03. The standard InChI is InChI=1S/C6H10O4/c1-5(8)6(9)10-4-2-3-7/h7H,2-4H2,1H3. The first-order chi connectivity index (χ1) is 4.68. The summed E-state index contributed by atoms with van der Waals surface area (Å²) in [6, 6.07) is 0. The predicted molar refractivity (Wildman–Crippen MR) is 33.3 cm³/mol. The van der Waals surface area contributed by atoms with Gasteiger partial charge in [-0.15, -0.1) is 0 Å². The van der Waals surface area contributed by atoms with Crippen molar-refractivity contribution in [2.24, 2.45) is 0 Å². The average molecular weight is 146 g/mol. The second kappa shape index (κ2) is 4.93. The molecule has 0 radical (unpaired) electrons. The molecule has 0 aromatic heterocycles. The van der Waals surface area contributed by atoms with Gasteiger partial charge in [0.25, 0.3) is 0 Å². The number of esters is 1. The first-order valence-electron chi connectivity index (χ1n) is 2.97. The topological polar surface area (TPSA) is 63.6 Å². The Balaban J connectivity index is 3.31. The summed E-state index contributed by atoms with van der Waals surface area (Å²) in [5.41, 5.74) is 0. The molecular weight excluding hydrogens is 136 g/mol. The Kier molecular flexibility index (Phi) is 4.49. The molecule has 0 aliphatic rings. The van der Waals surface area contributed by atoms with E-state index >= 15 is 0 Å². The van der Waals surface area contributed by atoms with Gasteiger partial charge in [-0.3, -0.25) is 4.79 Å². The van der Waals surface area contributed by atoms with Gasteiger partial charge in [0.1, 0.15) is 0 Å². The number of rotatable bonds is 4. The molecule has 0 unspecified atom stereocenters. The zero-order valence-electron chi connectivity index (χ0n) is 5.79. The lowest BCUT2D eigenvalue weighted by atomic mass is 10.4. The Bertz CT molecular complexity index is 130. The molecule has 4 heteroatoms. The Morgan fingerprint density at radius 3 is 2.50 bits per heavy atom. The second-order valence-corrected chi connectivity index (χ2v) is 1.77. The molecule has 0 saturated heterocycles. The van der Waals surface area contributed by atoms with Crippen LogP contribution in [0.25, 0.3) is 0 Å². The van der Waals surface area contributed by atoms with E-state index in [9.17, 15) is 9.59 Å². The van der Waals surface area contributed by atoms with Crippen LogP contribution in [0.15, 0.2) is 0 Å². The fourth-order valence-electron chi connectivity index (χ4n) is 0.331. The zero-order chi connectivity index (χ0) is 7.98. The highest BCUT2D eigenvalue weighted by Gasteiger charge is 2.06. The fraction of sp³-hybridized carbons (Fsp3) is 0.667. The third-order valence-electron chi connectivity index (χ3n) is 0.823. The van der Waals surface area contributed by atoms with Crippen molar-refractivity contribution in [3.05, 3.63) is 0 Å². The van der Waals surface area contributed by atoms with Crippen LogP contribution < -0.4 is 0 Å². The molecule has 0 amide bonds. The Morgan fingerprint density at radius 1 is 1.50 bits per heavy atom. The molecule has 0 rings (SSSR count). The minimum Gasteiger partial charge on any atom is -0.460 e. The van der Waals surface area contributed by atoms with Gasteiger partial charge < -0.3 is 9.84 Å². The van der Waals surface area contributed by atoms with Gasteiger partial charge in [-0.1, -0.05) is 0 Å². The summed E-state index contributed by atoms with van der Waals surface area (Å²) in [6.45, 7) is 1.21. The summed E-state index contributed by atoms with van der Waals surface area (Å²) in [7, 11) is 0. The first kappa shape index (κ1) is 9.10. The van der Waals surface area contributed by atoms with Crippen molar-refractivity contribution in [3.63, 3.8) is 0 Å². The number of ether oxygens (including phenoxy) is 1. The lowest BCUT2D eigenvalue weighted by molar-refractivity contribution is -0.153. The van der Waals surface area contributed by atoms with Crippen LogP contribution in [0.5, 0.6) is 0 Å². The van der Waals surface area contributed by atoms with E-state index < -0.39 is 11.8 Å². The largest absolute Gasteiger partial charge is 0.460 e. The molecule has 0 bridgehead atoms. The second-order valence-electron chi connectivity index (χ2n) is 1.77. The van der Waals surface area contributed by atoms with Gasteiger partial charge in [0.2, 0.25) is 5.78 Å². The van der Waals surface area contributed by atoms with Gasteiger partial charge in [0.05, 0.1) is 6.61 Å². The fourth-order valence-corrected chi connectivity index (χ4v) is 0.331. The molecule has 10 heavy (non-hydrogen) atoms. The van der Waals surface area contributed by atoms with Crippen molar-refractivity contribution < 1.29 is 19.4 Å². The highest BCUT2D eigenvalue weighted by Crippen LogP contribution is 1.83. The van der Waals surface area contributed by atoms with Crippen molar-refractivity contribution in [3.8, 4) is 0 Å². The number of hydrogen-bond acceptors (Lipinski definition) is 4. The summed E-state index contributed by atoms with van der Waals surface area (Å²) >= 11 is 0. The smallest absolute Gasteiger partial charge is 0.374 e. The maximum absolute atomic E-state index is 10.4. The minimum absolute atomic E-state index is 0.0365. The molecule has 0 aromatic carbocycles. The monoisotopic (exact) mass is 146 g/mol. The number of ketones is 1. The van der Waals surface area contributed by atoms with Crippen molar-refractivity contribution in [2.75, 3.05) is 13.2 Å². The van der Waals surface area contributed by atoms with E-state index in [0.717, 1.165) is 6.92 Å². The molecular formula is C6H10O4. The predicted octanol–water partition coefficient (Wildman–Crippen LogP) is -0.499. The normalized spacial score (nSPS) is 9.00. The number of Topliss-reactive ketones (excluding diaryl/α,β-unsaturated/α-hetero) is 1. The van der Waals surface area contributed by atoms with E-state index in [4.69, 9.17) is 5.11 Å². The average Bonchev–Trinajstić information content (AvgIpc) is 1.88. The Hall–Kier alpha value is -0.900. The molecule has 0 fully saturated rings. The van der Waals surface area contributed by atoms with Crippen LogP contribution in [-0.2, 0) is 14.3 Å². The summed E-state index contributed by atoms with van der Waals surface area (Å²) in [4.78, 5) is 20.6. The molecule has 0 aromatic rings. The highest BCUT2D eigenvalue weighted by molar-refractivity contribution is 6.32. The van der Waals surface area contributed by atoms with Crippen LogP contribution in [0.1, 0.15) is 13.3 Å². The number of aliphatic hydroxyl groups is 1. The number of carbonyl (C=O) groups excluding carboxylic acids is 2. The Morgan fingerprint density at radius 2 is 2.10 bits per heavy atom. The van der Waals surface area contributed by atoms with E-state index in [1.165, 1.54) is 0 Å². The van der Waals surface area contributed by atoms with Crippen LogP contribution in [0.2, 0.25) is 0 Å². The Labute approximate surface area is 58.8 Å². The van der Waals surface area contributed by atoms with Gasteiger partial charge in [-0.2, -0.15) is 0 Å². The van der Waals surface area contributed by atoms with E-state index in [-0.39, 0.29) is 13.2 Å². The van der Waals surface area contributed by atoms with E-state index in [2.05, 4.69) is 4.74 Å². The molecule has 1 N–H and O–H groups in total. The van der Waals surface area contributed by atoms with E-state index in [1.54, 1.807) is 0 Å². The van der Waals surface area contributed by atoms with Crippen LogP contribution in [0.3, 0.4) is 0 Å². The van der Waals surface area contributed by atoms with Gasteiger partial charge >= 0.3 is 5.97 Å². The quantitative estimate of drug-likeness (QED) is 0.330. The lowest BCUT2D eigenvalue weighted by Gasteiger charge is -1.98. The van der Waals surface area contributed by atoms with E-state index in [1.807, 2.05) is 0 Å². The molecule has 0 aliphatic heterocycles. The van der Waals surface area contributed by atoms with Gasteiger partial charge in [-0.05, 0) is 0 Å². The number of aliphatic hydroxyl groups excluding tert-OH is 1. The van der Waals surface area contributed by atoms with Crippen LogP contribution >= 0.6 is 0 Å². The molecule has 0 saturated carbocycles. The lowest BCUT2D eigenvalue weighted by Crippen LogP contribution is -2.14. The van der Waals surface area contributed by atoms with E-state index in [0.29, 0.717) is 6.42 Å². The summed E-state index contributed by atoms with van der Waals surface area (Å²) in [5, 5.41) is 8.24. The van der Waals surface area contributed by atoms with Gasteiger partial charge in [0.15, 0.2) is 0 Å². The van der Waals surface area contributed by atoms with Crippen LogP contribution in [0, 0.1) is 0 Å². The van der Waals surface area contributed by atoms with Gasteiger partial charge in [-0.25, -0.2) is 4.79 Å². The maximum Gasteiger partial charge on any atom is 0.374 e. The minimum atomic E-state index is -0.839. The molecule has 0 spiro atoms. The third-order valence-corrected chi connectivity index (χ3v) is 0.823.